The molecular weight excluding hydrogens is 170 g/mol. The third-order valence-corrected chi connectivity index (χ3v) is 2.86. The van der Waals surface area contributed by atoms with Gasteiger partial charge >= 0.3 is 5.97 Å². The number of rotatable bonds is 4. The standard InChI is InChI=1S/C9H15NO3/c11-8(12)9(3-4-13-6-9)10-5-7-1-2-7/h7,10H,1-6H2,(H,11,12). The predicted molar refractivity (Wildman–Crippen MR) is 46.5 cm³/mol. The Morgan fingerprint density at radius 2 is 2.38 bits per heavy atom. The molecule has 0 spiro atoms. The fourth-order valence-electron chi connectivity index (χ4n) is 1.61. The Hall–Kier alpha value is -0.610. The maximum atomic E-state index is 11.0. The molecule has 0 bridgehead atoms. The van der Waals surface area contributed by atoms with E-state index in [0.29, 0.717) is 25.6 Å². The van der Waals surface area contributed by atoms with Gasteiger partial charge in [0.15, 0.2) is 0 Å². The van der Waals surface area contributed by atoms with Gasteiger partial charge in [0.05, 0.1) is 6.61 Å². The van der Waals surface area contributed by atoms with Gasteiger partial charge in [0.1, 0.15) is 5.54 Å². The summed E-state index contributed by atoms with van der Waals surface area (Å²) in [4.78, 5) is 11.0. The number of ether oxygens (including phenoxy) is 1. The van der Waals surface area contributed by atoms with E-state index in [4.69, 9.17) is 9.84 Å². The Morgan fingerprint density at radius 3 is 2.85 bits per heavy atom. The van der Waals surface area contributed by atoms with Crippen LogP contribution in [0.3, 0.4) is 0 Å². The van der Waals surface area contributed by atoms with Crippen molar-refractivity contribution in [1.82, 2.24) is 5.32 Å². The third kappa shape index (κ3) is 1.84. The van der Waals surface area contributed by atoms with Crippen LogP contribution in [0.5, 0.6) is 0 Å². The van der Waals surface area contributed by atoms with Crippen molar-refractivity contribution in [2.45, 2.75) is 24.8 Å². The molecule has 1 saturated carbocycles. The molecule has 1 unspecified atom stereocenters. The SMILES string of the molecule is O=C(O)C1(NCC2CC2)CCOC1. The second kappa shape index (κ2) is 3.27. The van der Waals surface area contributed by atoms with E-state index in [1.54, 1.807) is 0 Å². The minimum absolute atomic E-state index is 0.315. The molecule has 2 aliphatic rings. The zero-order chi connectivity index (χ0) is 9.31. The van der Waals surface area contributed by atoms with Crippen LogP contribution in [0.15, 0.2) is 0 Å². The lowest BCUT2D eigenvalue weighted by Crippen LogP contribution is -2.53. The van der Waals surface area contributed by atoms with Gasteiger partial charge in [-0.15, -0.1) is 0 Å². The van der Waals surface area contributed by atoms with E-state index >= 15 is 0 Å². The van der Waals surface area contributed by atoms with Gasteiger partial charge in [-0.05, 0) is 25.3 Å². The number of carboxylic acid groups (broad SMARTS) is 1. The highest BCUT2D eigenvalue weighted by Crippen LogP contribution is 2.29. The summed E-state index contributed by atoms with van der Waals surface area (Å²) < 4.78 is 5.13. The van der Waals surface area contributed by atoms with Gasteiger partial charge in [0.25, 0.3) is 0 Å². The highest BCUT2D eigenvalue weighted by Gasteiger charge is 2.43. The summed E-state index contributed by atoms with van der Waals surface area (Å²) >= 11 is 0. The Balaban J connectivity index is 1.91. The molecule has 0 aromatic carbocycles. The quantitative estimate of drug-likeness (QED) is 0.658. The van der Waals surface area contributed by atoms with Gasteiger partial charge in [-0.25, -0.2) is 0 Å². The Labute approximate surface area is 77.3 Å². The van der Waals surface area contributed by atoms with E-state index < -0.39 is 11.5 Å². The summed E-state index contributed by atoms with van der Waals surface area (Å²) in [6.07, 6.45) is 3.07. The van der Waals surface area contributed by atoms with E-state index in [-0.39, 0.29) is 0 Å². The summed E-state index contributed by atoms with van der Waals surface area (Å²) in [5, 5.41) is 12.2. The fourth-order valence-corrected chi connectivity index (χ4v) is 1.61. The lowest BCUT2D eigenvalue weighted by molar-refractivity contribution is -0.144. The van der Waals surface area contributed by atoms with E-state index in [0.717, 1.165) is 6.54 Å². The summed E-state index contributed by atoms with van der Waals surface area (Å²) in [7, 11) is 0. The summed E-state index contributed by atoms with van der Waals surface area (Å²) in [6.45, 7) is 1.70. The van der Waals surface area contributed by atoms with Crippen LogP contribution < -0.4 is 5.32 Å². The van der Waals surface area contributed by atoms with Crippen molar-refractivity contribution in [2.75, 3.05) is 19.8 Å². The predicted octanol–water partition coefficient (Wildman–Crippen LogP) is 0.230. The molecule has 1 aliphatic carbocycles. The van der Waals surface area contributed by atoms with Crippen LogP contribution in [0.25, 0.3) is 0 Å². The van der Waals surface area contributed by atoms with Crippen LogP contribution in [0.4, 0.5) is 0 Å². The van der Waals surface area contributed by atoms with Crippen LogP contribution in [-0.2, 0) is 9.53 Å². The molecule has 2 N–H and O–H groups in total. The molecule has 74 valence electrons. The van der Waals surface area contributed by atoms with Crippen LogP contribution in [0.2, 0.25) is 0 Å². The molecule has 0 radical (unpaired) electrons. The first-order valence-corrected chi connectivity index (χ1v) is 4.79. The smallest absolute Gasteiger partial charge is 0.326 e. The Morgan fingerprint density at radius 1 is 1.62 bits per heavy atom. The minimum atomic E-state index is -0.789. The highest BCUT2D eigenvalue weighted by atomic mass is 16.5. The molecule has 13 heavy (non-hydrogen) atoms. The first kappa shape index (κ1) is 8.97. The molecule has 1 aliphatic heterocycles. The molecule has 1 atom stereocenters. The van der Waals surface area contributed by atoms with Gasteiger partial charge in [0, 0.05) is 13.0 Å². The van der Waals surface area contributed by atoms with Gasteiger partial charge in [-0.3, -0.25) is 10.1 Å². The second-order valence-electron chi connectivity index (χ2n) is 4.01. The summed E-state index contributed by atoms with van der Waals surface area (Å²) in [6, 6.07) is 0. The topological polar surface area (TPSA) is 58.6 Å². The first-order chi connectivity index (χ1) is 6.23. The molecular formula is C9H15NO3. The maximum Gasteiger partial charge on any atom is 0.326 e. The van der Waals surface area contributed by atoms with E-state index in [1.807, 2.05) is 0 Å². The molecule has 0 aromatic heterocycles. The van der Waals surface area contributed by atoms with Crippen LogP contribution >= 0.6 is 0 Å². The Bertz CT molecular complexity index is 207. The van der Waals surface area contributed by atoms with Crippen molar-refractivity contribution < 1.29 is 14.6 Å². The van der Waals surface area contributed by atoms with Crippen LogP contribution in [-0.4, -0.2) is 36.4 Å². The van der Waals surface area contributed by atoms with Crippen molar-refractivity contribution >= 4 is 5.97 Å². The minimum Gasteiger partial charge on any atom is -0.480 e. The number of carboxylic acids is 1. The largest absolute Gasteiger partial charge is 0.480 e. The number of aliphatic carboxylic acids is 1. The van der Waals surface area contributed by atoms with Crippen LogP contribution in [0, 0.1) is 5.92 Å². The zero-order valence-corrected chi connectivity index (χ0v) is 7.58. The summed E-state index contributed by atoms with van der Waals surface area (Å²) in [5.74, 6) is -0.0672. The molecule has 1 saturated heterocycles. The fraction of sp³-hybridized carbons (Fsp3) is 0.889. The number of nitrogens with one attached hydrogen (secondary N) is 1. The normalized spacial score (nSPS) is 33.5. The molecule has 4 nitrogen and oxygen atoms in total. The average Bonchev–Trinajstić information content (AvgIpc) is 2.80. The van der Waals surface area contributed by atoms with Crippen molar-refractivity contribution in [3.05, 3.63) is 0 Å². The maximum absolute atomic E-state index is 11.0. The van der Waals surface area contributed by atoms with Gasteiger partial charge in [0.2, 0.25) is 0 Å². The molecule has 2 rings (SSSR count). The van der Waals surface area contributed by atoms with Gasteiger partial charge in [-0.1, -0.05) is 0 Å². The molecule has 2 fully saturated rings. The number of hydrogen-bond donors (Lipinski definition) is 2. The Kier molecular flexibility index (Phi) is 2.26. The first-order valence-electron chi connectivity index (χ1n) is 4.79. The lowest BCUT2D eigenvalue weighted by atomic mass is 9.99. The third-order valence-electron chi connectivity index (χ3n) is 2.86. The molecule has 4 heteroatoms. The van der Waals surface area contributed by atoms with E-state index in [9.17, 15) is 4.79 Å². The molecule has 0 amide bonds. The van der Waals surface area contributed by atoms with Crippen molar-refractivity contribution in [2.24, 2.45) is 5.92 Å². The van der Waals surface area contributed by atoms with Crippen LogP contribution in [0.1, 0.15) is 19.3 Å². The lowest BCUT2D eigenvalue weighted by Gasteiger charge is -2.23. The van der Waals surface area contributed by atoms with E-state index in [1.165, 1.54) is 12.8 Å². The monoisotopic (exact) mass is 185 g/mol. The number of carbonyl (C=O) groups is 1. The van der Waals surface area contributed by atoms with E-state index in [2.05, 4.69) is 5.32 Å². The highest BCUT2D eigenvalue weighted by molar-refractivity contribution is 5.79. The van der Waals surface area contributed by atoms with Gasteiger partial charge < -0.3 is 9.84 Å². The average molecular weight is 185 g/mol. The molecule has 0 aromatic rings. The van der Waals surface area contributed by atoms with Crippen molar-refractivity contribution in [3.8, 4) is 0 Å². The van der Waals surface area contributed by atoms with Crippen molar-refractivity contribution in [3.63, 3.8) is 0 Å². The zero-order valence-electron chi connectivity index (χ0n) is 7.58. The number of hydrogen-bond acceptors (Lipinski definition) is 3. The second-order valence-corrected chi connectivity index (χ2v) is 4.01. The summed E-state index contributed by atoms with van der Waals surface area (Å²) in [5.41, 5.74) is -0.789. The van der Waals surface area contributed by atoms with Gasteiger partial charge in [-0.2, -0.15) is 0 Å². The van der Waals surface area contributed by atoms with Crippen molar-refractivity contribution in [1.29, 1.82) is 0 Å². The molecule has 1 heterocycles.